The fourth-order valence-corrected chi connectivity index (χ4v) is 2.55. The van der Waals surface area contributed by atoms with Crippen LogP contribution in [0.5, 0.6) is 0 Å². The molecule has 3 rings (SSSR count). The van der Waals surface area contributed by atoms with E-state index in [0.717, 1.165) is 43.8 Å². The predicted octanol–water partition coefficient (Wildman–Crippen LogP) is 2.00. The van der Waals surface area contributed by atoms with Crippen LogP contribution in [-0.4, -0.2) is 33.7 Å². The second-order valence-corrected chi connectivity index (χ2v) is 4.98. The van der Waals surface area contributed by atoms with Gasteiger partial charge in [-0.1, -0.05) is 0 Å². The number of pyridine rings is 1. The molecule has 0 radical (unpaired) electrons. The van der Waals surface area contributed by atoms with Gasteiger partial charge in [0.25, 0.3) is 0 Å². The molecule has 0 saturated carbocycles. The Morgan fingerprint density at radius 2 is 2.42 bits per heavy atom. The number of aromatic carboxylic acids is 1. The SMILES string of the molecule is O=C(O)c1ccc2cnc(CC3CCCOC3)n2c1. The summed E-state index contributed by atoms with van der Waals surface area (Å²) in [6.07, 6.45) is 6.49. The molecule has 100 valence electrons. The van der Waals surface area contributed by atoms with E-state index in [-0.39, 0.29) is 5.56 Å². The molecule has 0 aliphatic carbocycles. The molecule has 2 aromatic rings. The zero-order chi connectivity index (χ0) is 13.2. The van der Waals surface area contributed by atoms with E-state index < -0.39 is 5.97 Å². The normalized spacial score (nSPS) is 19.7. The molecular weight excluding hydrogens is 244 g/mol. The first kappa shape index (κ1) is 12.2. The molecule has 1 aliphatic heterocycles. The molecule has 19 heavy (non-hydrogen) atoms. The summed E-state index contributed by atoms with van der Waals surface area (Å²) in [6.45, 7) is 1.62. The maximum absolute atomic E-state index is 11.0. The summed E-state index contributed by atoms with van der Waals surface area (Å²) in [5.74, 6) is 0.476. The lowest BCUT2D eigenvalue weighted by atomic mass is 9.98. The first-order valence-corrected chi connectivity index (χ1v) is 6.51. The summed E-state index contributed by atoms with van der Waals surface area (Å²) in [6, 6.07) is 3.39. The Morgan fingerprint density at radius 1 is 1.53 bits per heavy atom. The van der Waals surface area contributed by atoms with Crippen molar-refractivity contribution in [3.05, 3.63) is 35.9 Å². The van der Waals surface area contributed by atoms with Crippen LogP contribution in [0.4, 0.5) is 0 Å². The minimum Gasteiger partial charge on any atom is -0.478 e. The van der Waals surface area contributed by atoms with Gasteiger partial charge in [0.2, 0.25) is 0 Å². The zero-order valence-corrected chi connectivity index (χ0v) is 10.6. The van der Waals surface area contributed by atoms with Crippen LogP contribution in [-0.2, 0) is 11.2 Å². The highest BCUT2D eigenvalue weighted by molar-refractivity contribution is 5.87. The third-order valence-corrected chi connectivity index (χ3v) is 3.58. The van der Waals surface area contributed by atoms with Crippen LogP contribution in [0.25, 0.3) is 5.52 Å². The van der Waals surface area contributed by atoms with Crippen LogP contribution in [0.15, 0.2) is 24.5 Å². The van der Waals surface area contributed by atoms with Crippen LogP contribution in [0, 0.1) is 5.92 Å². The maximum Gasteiger partial charge on any atom is 0.337 e. The molecule has 1 fully saturated rings. The van der Waals surface area contributed by atoms with Crippen molar-refractivity contribution in [3.63, 3.8) is 0 Å². The van der Waals surface area contributed by atoms with Crippen LogP contribution >= 0.6 is 0 Å². The summed E-state index contributed by atoms with van der Waals surface area (Å²) in [7, 11) is 0. The number of rotatable bonds is 3. The number of carboxylic acids is 1. The minimum atomic E-state index is -0.914. The predicted molar refractivity (Wildman–Crippen MR) is 69.4 cm³/mol. The van der Waals surface area contributed by atoms with Gasteiger partial charge in [-0.25, -0.2) is 9.78 Å². The van der Waals surface area contributed by atoms with Crippen LogP contribution in [0.1, 0.15) is 29.0 Å². The van der Waals surface area contributed by atoms with Gasteiger partial charge in [-0.3, -0.25) is 0 Å². The summed E-state index contributed by atoms with van der Waals surface area (Å²) < 4.78 is 7.35. The average molecular weight is 260 g/mol. The third-order valence-electron chi connectivity index (χ3n) is 3.58. The first-order valence-electron chi connectivity index (χ1n) is 6.51. The lowest BCUT2D eigenvalue weighted by molar-refractivity contribution is 0.0542. The average Bonchev–Trinajstić information content (AvgIpc) is 2.82. The summed E-state index contributed by atoms with van der Waals surface area (Å²) >= 11 is 0. The fourth-order valence-electron chi connectivity index (χ4n) is 2.55. The monoisotopic (exact) mass is 260 g/mol. The molecule has 0 spiro atoms. The van der Waals surface area contributed by atoms with Crippen molar-refractivity contribution in [2.24, 2.45) is 5.92 Å². The van der Waals surface area contributed by atoms with E-state index in [4.69, 9.17) is 9.84 Å². The molecule has 1 unspecified atom stereocenters. The number of carbonyl (C=O) groups is 1. The molecule has 1 N–H and O–H groups in total. The highest BCUT2D eigenvalue weighted by atomic mass is 16.5. The number of hydrogen-bond donors (Lipinski definition) is 1. The largest absolute Gasteiger partial charge is 0.478 e. The van der Waals surface area contributed by atoms with Crippen molar-refractivity contribution >= 4 is 11.5 Å². The highest BCUT2D eigenvalue weighted by Gasteiger charge is 2.17. The second kappa shape index (κ2) is 5.01. The molecule has 0 bridgehead atoms. The second-order valence-electron chi connectivity index (χ2n) is 4.98. The highest BCUT2D eigenvalue weighted by Crippen LogP contribution is 2.19. The van der Waals surface area contributed by atoms with E-state index in [1.54, 1.807) is 24.5 Å². The Bertz CT molecular complexity index is 600. The Kier molecular flexibility index (Phi) is 3.21. The Hall–Kier alpha value is -1.88. The Morgan fingerprint density at radius 3 is 3.16 bits per heavy atom. The standard InChI is InChI=1S/C14H16N2O3/c17-14(18)11-3-4-12-7-15-13(16(12)8-11)6-10-2-1-5-19-9-10/h3-4,7-8,10H,1-2,5-6,9H2,(H,17,18). The number of carboxylic acid groups (broad SMARTS) is 1. The molecule has 0 amide bonds. The number of nitrogens with zero attached hydrogens (tertiary/aromatic N) is 2. The molecule has 1 saturated heterocycles. The quantitative estimate of drug-likeness (QED) is 0.916. The molecule has 1 aliphatic rings. The van der Waals surface area contributed by atoms with E-state index >= 15 is 0 Å². The van der Waals surface area contributed by atoms with Gasteiger partial charge >= 0.3 is 5.97 Å². The van der Waals surface area contributed by atoms with Gasteiger partial charge in [0.15, 0.2) is 0 Å². The number of ether oxygens (including phenoxy) is 1. The van der Waals surface area contributed by atoms with Gasteiger partial charge in [0.05, 0.1) is 17.3 Å². The lowest BCUT2D eigenvalue weighted by Gasteiger charge is -2.21. The van der Waals surface area contributed by atoms with Crippen molar-refractivity contribution in [1.82, 2.24) is 9.38 Å². The van der Waals surface area contributed by atoms with Gasteiger partial charge < -0.3 is 14.2 Å². The van der Waals surface area contributed by atoms with Gasteiger partial charge in [-0.15, -0.1) is 0 Å². The number of imidazole rings is 1. The van der Waals surface area contributed by atoms with E-state index in [9.17, 15) is 4.79 Å². The van der Waals surface area contributed by atoms with Crippen molar-refractivity contribution in [3.8, 4) is 0 Å². The van der Waals surface area contributed by atoms with E-state index in [2.05, 4.69) is 4.98 Å². The van der Waals surface area contributed by atoms with Crippen LogP contribution < -0.4 is 0 Å². The van der Waals surface area contributed by atoms with E-state index in [1.807, 2.05) is 4.40 Å². The van der Waals surface area contributed by atoms with E-state index in [0.29, 0.717) is 5.92 Å². The number of aromatic nitrogens is 2. The summed E-state index contributed by atoms with van der Waals surface area (Å²) in [4.78, 5) is 15.4. The van der Waals surface area contributed by atoms with Gasteiger partial charge in [-0.05, 0) is 30.9 Å². The summed E-state index contributed by atoms with van der Waals surface area (Å²) in [5.41, 5.74) is 1.21. The molecule has 0 aromatic carbocycles. The Labute approximate surface area is 110 Å². The molecular formula is C14H16N2O3. The molecule has 5 nitrogen and oxygen atoms in total. The first-order chi connectivity index (χ1) is 9.24. The lowest BCUT2D eigenvalue weighted by Crippen LogP contribution is -2.20. The summed E-state index contributed by atoms with van der Waals surface area (Å²) in [5, 5.41) is 9.04. The molecule has 2 aromatic heterocycles. The fraction of sp³-hybridized carbons (Fsp3) is 0.429. The molecule has 3 heterocycles. The van der Waals surface area contributed by atoms with Gasteiger partial charge in [-0.2, -0.15) is 0 Å². The Balaban J connectivity index is 1.89. The maximum atomic E-state index is 11.0. The van der Waals surface area contributed by atoms with Crippen molar-refractivity contribution in [1.29, 1.82) is 0 Å². The minimum absolute atomic E-state index is 0.284. The van der Waals surface area contributed by atoms with Gasteiger partial charge in [0.1, 0.15) is 5.82 Å². The van der Waals surface area contributed by atoms with E-state index in [1.165, 1.54) is 0 Å². The molecule has 5 heteroatoms. The van der Waals surface area contributed by atoms with Crippen LogP contribution in [0.2, 0.25) is 0 Å². The zero-order valence-electron chi connectivity index (χ0n) is 10.6. The number of hydrogen-bond acceptors (Lipinski definition) is 3. The van der Waals surface area contributed by atoms with Crippen LogP contribution in [0.3, 0.4) is 0 Å². The smallest absolute Gasteiger partial charge is 0.337 e. The van der Waals surface area contributed by atoms with Crippen molar-refractivity contribution in [2.45, 2.75) is 19.3 Å². The van der Waals surface area contributed by atoms with Crippen molar-refractivity contribution in [2.75, 3.05) is 13.2 Å². The van der Waals surface area contributed by atoms with Gasteiger partial charge in [0, 0.05) is 25.8 Å². The third kappa shape index (κ3) is 2.46. The molecule has 1 atom stereocenters. The topological polar surface area (TPSA) is 63.8 Å². The number of fused-ring (bicyclic) bond motifs is 1. The van der Waals surface area contributed by atoms with Crippen molar-refractivity contribution < 1.29 is 14.6 Å².